The van der Waals surface area contributed by atoms with Crippen LogP contribution >= 0.6 is 0 Å². The first-order valence-corrected chi connectivity index (χ1v) is 9.26. The molecule has 28 heavy (non-hydrogen) atoms. The number of aromatic nitrogens is 4. The van der Waals surface area contributed by atoms with Crippen molar-refractivity contribution in [2.75, 3.05) is 37.4 Å². The van der Waals surface area contributed by atoms with Crippen molar-refractivity contribution in [3.8, 4) is 0 Å². The van der Waals surface area contributed by atoms with E-state index in [4.69, 9.17) is 0 Å². The van der Waals surface area contributed by atoms with E-state index < -0.39 is 5.82 Å². The third-order valence-corrected chi connectivity index (χ3v) is 4.92. The number of halogens is 1. The van der Waals surface area contributed by atoms with E-state index in [9.17, 15) is 9.18 Å². The first kappa shape index (κ1) is 19.9. The third kappa shape index (κ3) is 3.88. The molecule has 2 aromatic rings. The van der Waals surface area contributed by atoms with Crippen LogP contribution in [-0.4, -0.2) is 64.0 Å². The summed E-state index contributed by atoms with van der Waals surface area (Å²) in [5.41, 5.74) is 2.05. The molecule has 1 atom stereocenters. The van der Waals surface area contributed by atoms with Crippen LogP contribution in [0.2, 0.25) is 0 Å². The van der Waals surface area contributed by atoms with Crippen LogP contribution in [0, 0.1) is 33.5 Å². The van der Waals surface area contributed by atoms with Gasteiger partial charge in [0.15, 0.2) is 11.6 Å². The summed E-state index contributed by atoms with van der Waals surface area (Å²) in [5, 5.41) is 3.19. The maximum absolute atomic E-state index is 14.3. The average molecular weight is 387 g/mol. The van der Waals surface area contributed by atoms with Gasteiger partial charge in [0.25, 0.3) is 5.91 Å². The molecule has 1 N–H and O–H groups in total. The van der Waals surface area contributed by atoms with Crippen LogP contribution < -0.4 is 10.2 Å². The van der Waals surface area contributed by atoms with Crippen molar-refractivity contribution in [2.24, 2.45) is 0 Å². The maximum atomic E-state index is 14.3. The van der Waals surface area contributed by atoms with E-state index in [1.807, 2.05) is 13.8 Å². The molecule has 2 aromatic heterocycles. The molecule has 1 amide bonds. The molecule has 1 fully saturated rings. The fourth-order valence-electron chi connectivity index (χ4n) is 3.28. The Hall–Kier alpha value is -2.84. The maximum Gasteiger partial charge on any atom is 0.291 e. The van der Waals surface area contributed by atoms with Crippen LogP contribution in [-0.2, 0) is 0 Å². The predicted molar refractivity (Wildman–Crippen MR) is 105 cm³/mol. The number of anilines is 2. The Bertz CT molecular complexity index is 916. The molecule has 1 aliphatic heterocycles. The molecule has 150 valence electrons. The topological polar surface area (TPSA) is 87.1 Å². The van der Waals surface area contributed by atoms with Crippen molar-refractivity contribution in [1.82, 2.24) is 24.8 Å². The molecular formula is C19H26FN7O. The molecule has 1 aliphatic rings. The number of nitrogens with one attached hydrogen (secondary N) is 1. The lowest BCUT2D eigenvalue weighted by molar-refractivity contribution is 0.0815. The molecule has 3 heterocycles. The minimum Gasteiger partial charge on any atom is -0.363 e. The summed E-state index contributed by atoms with van der Waals surface area (Å²) in [7, 11) is 3.35. The van der Waals surface area contributed by atoms with Crippen LogP contribution in [0.1, 0.15) is 39.8 Å². The Morgan fingerprint density at radius 2 is 1.82 bits per heavy atom. The largest absolute Gasteiger partial charge is 0.363 e. The van der Waals surface area contributed by atoms with Crippen molar-refractivity contribution < 1.29 is 9.18 Å². The van der Waals surface area contributed by atoms with Gasteiger partial charge in [-0.15, -0.1) is 0 Å². The first-order chi connectivity index (χ1) is 13.2. The van der Waals surface area contributed by atoms with E-state index >= 15 is 0 Å². The Labute approximate surface area is 164 Å². The minimum atomic E-state index is -0.419. The van der Waals surface area contributed by atoms with E-state index in [1.54, 1.807) is 27.9 Å². The summed E-state index contributed by atoms with van der Waals surface area (Å²) >= 11 is 0. The van der Waals surface area contributed by atoms with Crippen LogP contribution in [0.15, 0.2) is 0 Å². The standard InChI is InChI=1S/C19H26FN7O/c1-10-11(2)22-17(19(28)26(5)6)25-18(10)27-8-7-14(9-27)24-16-15(20)12(3)21-13(4)23-16/h14H,7-9H2,1-6H3,(H,21,23,24)/t14-/m1/s1. The third-order valence-electron chi connectivity index (χ3n) is 4.92. The van der Waals surface area contributed by atoms with Crippen molar-refractivity contribution >= 4 is 17.5 Å². The Morgan fingerprint density at radius 3 is 2.50 bits per heavy atom. The van der Waals surface area contributed by atoms with Crippen LogP contribution in [0.5, 0.6) is 0 Å². The van der Waals surface area contributed by atoms with E-state index in [1.165, 1.54) is 4.90 Å². The van der Waals surface area contributed by atoms with Gasteiger partial charge in [-0.25, -0.2) is 24.3 Å². The Kier molecular flexibility index (Phi) is 5.44. The number of carbonyl (C=O) groups is 1. The smallest absolute Gasteiger partial charge is 0.291 e. The number of nitrogens with zero attached hydrogens (tertiary/aromatic N) is 6. The second-order valence-electron chi connectivity index (χ2n) is 7.38. The molecule has 9 heteroatoms. The normalized spacial score (nSPS) is 16.4. The molecule has 0 aliphatic carbocycles. The van der Waals surface area contributed by atoms with Gasteiger partial charge in [0.05, 0.1) is 5.69 Å². The summed E-state index contributed by atoms with van der Waals surface area (Å²) in [4.78, 5) is 33.0. The second kappa shape index (κ2) is 7.65. The zero-order valence-electron chi connectivity index (χ0n) is 17.2. The second-order valence-corrected chi connectivity index (χ2v) is 7.38. The van der Waals surface area contributed by atoms with Gasteiger partial charge >= 0.3 is 0 Å². The fraction of sp³-hybridized carbons (Fsp3) is 0.526. The van der Waals surface area contributed by atoms with Gasteiger partial charge in [-0.2, -0.15) is 0 Å². The number of amides is 1. The van der Waals surface area contributed by atoms with Crippen LogP contribution in [0.25, 0.3) is 0 Å². The van der Waals surface area contributed by atoms with Crippen molar-refractivity contribution in [2.45, 2.75) is 40.2 Å². The summed E-state index contributed by atoms with van der Waals surface area (Å²) in [5.74, 6) is 1.05. The highest BCUT2D eigenvalue weighted by Crippen LogP contribution is 2.26. The predicted octanol–water partition coefficient (Wildman–Crippen LogP) is 2.03. The molecule has 0 saturated carbocycles. The van der Waals surface area contributed by atoms with E-state index in [0.29, 0.717) is 18.1 Å². The molecule has 0 radical (unpaired) electrons. The lowest BCUT2D eigenvalue weighted by atomic mass is 10.2. The van der Waals surface area contributed by atoms with E-state index in [2.05, 4.69) is 30.2 Å². The molecule has 0 unspecified atom stereocenters. The van der Waals surface area contributed by atoms with Crippen LogP contribution in [0.3, 0.4) is 0 Å². The number of carbonyl (C=O) groups excluding carboxylic acids is 1. The highest BCUT2D eigenvalue weighted by atomic mass is 19.1. The lowest BCUT2D eigenvalue weighted by Crippen LogP contribution is -2.30. The average Bonchev–Trinajstić information content (AvgIpc) is 3.09. The van der Waals surface area contributed by atoms with Gasteiger partial charge in [0.1, 0.15) is 11.6 Å². The number of hydrogen-bond acceptors (Lipinski definition) is 7. The summed E-state index contributed by atoms with van der Waals surface area (Å²) in [6, 6.07) is 0.0193. The monoisotopic (exact) mass is 387 g/mol. The van der Waals surface area contributed by atoms with Gasteiger partial charge in [-0.05, 0) is 34.1 Å². The van der Waals surface area contributed by atoms with Crippen molar-refractivity contribution in [3.05, 3.63) is 34.4 Å². The molecule has 0 aromatic carbocycles. The van der Waals surface area contributed by atoms with Crippen molar-refractivity contribution in [1.29, 1.82) is 0 Å². The number of aryl methyl sites for hydroxylation is 3. The number of hydrogen-bond donors (Lipinski definition) is 1. The quantitative estimate of drug-likeness (QED) is 0.859. The fourth-order valence-corrected chi connectivity index (χ4v) is 3.28. The Balaban J connectivity index is 1.81. The molecular weight excluding hydrogens is 361 g/mol. The zero-order valence-corrected chi connectivity index (χ0v) is 17.2. The van der Waals surface area contributed by atoms with E-state index in [-0.39, 0.29) is 23.6 Å². The summed E-state index contributed by atoms with van der Waals surface area (Å²) < 4.78 is 14.3. The molecule has 3 rings (SSSR count). The van der Waals surface area contributed by atoms with Gasteiger partial charge in [0.2, 0.25) is 5.82 Å². The van der Waals surface area contributed by atoms with Gasteiger partial charge in [0, 0.05) is 44.5 Å². The Morgan fingerprint density at radius 1 is 1.11 bits per heavy atom. The molecule has 0 spiro atoms. The van der Waals surface area contributed by atoms with Crippen LogP contribution in [0.4, 0.5) is 16.0 Å². The number of rotatable bonds is 4. The minimum absolute atomic E-state index is 0.0193. The summed E-state index contributed by atoms with van der Waals surface area (Å²) in [6.45, 7) is 8.58. The summed E-state index contributed by atoms with van der Waals surface area (Å²) in [6.07, 6.45) is 0.807. The first-order valence-electron chi connectivity index (χ1n) is 9.26. The molecule has 1 saturated heterocycles. The van der Waals surface area contributed by atoms with Gasteiger partial charge in [-0.1, -0.05) is 0 Å². The highest BCUT2D eigenvalue weighted by Gasteiger charge is 2.28. The SMILES string of the molecule is Cc1nc(C)c(F)c(N[C@@H]2CCN(c3nc(C(=O)N(C)C)nc(C)c3C)C2)n1. The van der Waals surface area contributed by atoms with Gasteiger partial charge < -0.3 is 15.1 Å². The van der Waals surface area contributed by atoms with E-state index in [0.717, 1.165) is 30.0 Å². The van der Waals surface area contributed by atoms with Gasteiger partial charge in [-0.3, -0.25) is 4.79 Å². The highest BCUT2D eigenvalue weighted by molar-refractivity contribution is 5.90. The lowest BCUT2D eigenvalue weighted by Gasteiger charge is -2.22. The molecule has 0 bridgehead atoms. The van der Waals surface area contributed by atoms with Crippen molar-refractivity contribution in [3.63, 3.8) is 0 Å². The molecule has 8 nitrogen and oxygen atoms in total. The zero-order chi connectivity index (χ0) is 20.6.